The lowest BCUT2D eigenvalue weighted by molar-refractivity contribution is 0.429. The predicted octanol–water partition coefficient (Wildman–Crippen LogP) is 1.96. The normalized spacial score (nSPS) is 11.1. The van der Waals surface area contributed by atoms with E-state index in [2.05, 4.69) is 25.6 Å². The van der Waals surface area contributed by atoms with E-state index in [-0.39, 0.29) is 0 Å². The van der Waals surface area contributed by atoms with Crippen molar-refractivity contribution >= 4 is 39.1 Å². The summed E-state index contributed by atoms with van der Waals surface area (Å²) in [5.41, 5.74) is 2.59. The van der Waals surface area contributed by atoms with Gasteiger partial charge in [-0.2, -0.15) is 0 Å². The predicted molar refractivity (Wildman–Crippen MR) is 73.8 cm³/mol. The van der Waals surface area contributed by atoms with E-state index in [1.165, 1.54) is 11.8 Å². The number of nitrogen functional groups attached to an aromatic ring is 1. The smallest absolute Gasteiger partial charge is 0.277 e. The monoisotopic (exact) mass is 294 g/mol. The van der Waals surface area contributed by atoms with Crippen molar-refractivity contribution in [2.45, 2.75) is 17.9 Å². The summed E-state index contributed by atoms with van der Waals surface area (Å²) >= 11 is 2.94. The fourth-order valence-corrected chi connectivity index (χ4v) is 2.98. The number of thioether (sulfide) groups is 1. The van der Waals surface area contributed by atoms with E-state index in [1.54, 1.807) is 18.3 Å². The van der Waals surface area contributed by atoms with E-state index in [0.29, 0.717) is 28.5 Å². The first kappa shape index (κ1) is 12.3. The van der Waals surface area contributed by atoms with E-state index in [1.807, 2.05) is 11.4 Å². The Kier molecular flexibility index (Phi) is 3.32. The van der Waals surface area contributed by atoms with Crippen LogP contribution in [0.25, 0.3) is 10.2 Å². The van der Waals surface area contributed by atoms with Crippen LogP contribution in [0.2, 0.25) is 0 Å². The Labute approximate surface area is 116 Å². The summed E-state index contributed by atoms with van der Waals surface area (Å²) in [4.78, 5) is 9.73. The van der Waals surface area contributed by atoms with Crippen LogP contribution < -0.4 is 11.3 Å². The van der Waals surface area contributed by atoms with Gasteiger partial charge in [0, 0.05) is 6.92 Å². The van der Waals surface area contributed by atoms with Gasteiger partial charge in [-0.05, 0) is 11.4 Å². The third-order valence-electron chi connectivity index (χ3n) is 2.34. The molecule has 0 radical (unpaired) electrons. The number of fused-ring (bicyclic) bond motifs is 1. The zero-order chi connectivity index (χ0) is 13.2. The molecule has 0 saturated heterocycles. The van der Waals surface area contributed by atoms with Crippen molar-refractivity contribution in [3.8, 4) is 0 Å². The number of anilines is 1. The standard InChI is InChI=1S/C10H10N6OS2/c1-5-15-16-10(17-5)19-4-7-12-8(14-11)6-2-3-18-9(6)13-7/h2-3H,4,11H2,1H3,(H,12,13,14). The third-order valence-corrected chi connectivity index (χ3v) is 3.96. The zero-order valence-corrected chi connectivity index (χ0v) is 11.6. The van der Waals surface area contributed by atoms with Gasteiger partial charge < -0.3 is 9.84 Å². The van der Waals surface area contributed by atoms with Crippen molar-refractivity contribution in [2.75, 3.05) is 5.43 Å². The van der Waals surface area contributed by atoms with Crippen LogP contribution in [0.15, 0.2) is 21.1 Å². The SMILES string of the molecule is Cc1nnc(SCc2nc(NN)c3ccsc3n2)o1. The summed E-state index contributed by atoms with van der Waals surface area (Å²) in [6.07, 6.45) is 0. The summed E-state index contributed by atoms with van der Waals surface area (Å²) in [5.74, 6) is 7.86. The Hall–Kier alpha value is -1.71. The molecule has 19 heavy (non-hydrogen) atoms. The minimum Gasteiger partial charge on any atom is -0.416 e. The Morgan fingerprint density at radius 1 is 1.42 bits per heavy atom. The van der Waals surface area contributed by atoms with E-state index in [4.69, 9.17) is 10.3 Å². The van der Waals surface area contributed by atoms with Crippen LogP contribution in [-0.4, -0.2) is 20.2 Å². The number of hydrazine groups is 1. The lowest BCUT2D eigenvalue weighted by atomic mass is 10.4. The molecule has 9 heteroatoms. The van der Waals surface area contributed by atoms with Crippen LogP contribution >= 0.6 is 23.1 Å². The van der Waals surface area contributed by atoms with Crippen LogP contribution in [0.3, 0.4) is 0 Å². The first-order valence-corrected chi connectivity index (χ1v) is 7.26. The van der Waals surface area contributed by atoms with E-state index >= 15 is 0 Å². The molecule has 3 aromatic heterocycles. The highest BCUT2D eigenvalue weighted by Crippen LogP contribution is 2.26. The van der Waals surface area contributed by atoms with Crippen LogP contribution in [0.4, 0.5) is 5.82 Å². The van der Waals surface area contributed by atoms with Crippen molar-refractivity contribution in [2.24, 2.45) is 5.84 Å². The van der Waals surface area contributed by atoms with E-state index in [0.717, 1.165) is 10.2 Å². The first-order valence-electron chi connectivity index (χ1n) is 5.40. The van der Waals surface area contributed by atoms with Crippen molar-refractivity contribution in [3.63, 3.8) is 0 Å². The molecular formula is C10H10N6OS2. The van der Waals surface area contributed by atoms with Gasteiger partial charge >= 0.3 is 0 Å². The van der Waals surface area contributed by atoms with Crippen LogP contribution in [0.1, 0.15) is 11.7 Å². The summed E-state index contributed by atoms with van der Waals surface area (Å²) in [7, 11) is 0. The van der Waals surface area contributed by atoms with Gasteiger partial charge in [-0.25, -0.2) is 15.8 Å². The molecule has 0 fully saturated rings. The summed E-state index contributed by atoms with van der Waals surface area (Å²) < 4.78 is 5.28. The van der Waals surface area contributed by atoms with E-state index < -0.39 is 0 Å². The molecule has 0 aliphatic carbocycles. The highest BCUT2D eigenvalue weighted by atomic mass is 32.2. The molecule has 3 aromatic rings. The van der Waals surface area contributed by atoms with Gasteiger partial charge in [0.25, 0.3) is 5.22 Å². The summed E-state index contributed by atoms with van der Waals surface area (Å²) in [6.45, 7) is 1.75. The lowest BCUT2D eigenvalue weighted by Crippen LogP contribution is -2.10. The molecule has 3 heterocycles. The van der Waals surface area contributed by atoms with Crippen molar-refractivity contribution < 1.29 is 4.42 Å². The van der Waals surface area contributed by atoms with Gasteiger partial charge in [0.1, 0.15) is 10.7 Å². The van der Waals surface area contributed by atoms with Crippen molar-refractivity contribution in [1.29, 1.82) is 0 Å². The van der Waals surface area contributed by atoms with Gasteiger partial charge in [0.05, 0.1) is 11.1 Å². The molecule has 0 saturated carbocycles. The molecule has 0 aliphatic heterocycles. The molecule has 0 aliphatic rings. The van der Waals surface area contributed by atoms with Gasteiger partial charge in [0.15, 0.2) is 5.82 Å². The molecule has 0 spiro atoms. The molecule has 0 atom stereocenters. The molecule has 7 nitrogen and oxygen atoms in total. The number of rotatable bonds is 4. The topological polar surface area (TPSA) is 103 Å². The molecule has 3 N–H and O–H groups in total. The molecular weight excluding hydrogens is 284 g/mol. The highest BCUT2D eigenvalue weighted by molar-refractivity contribution is 7.98. The Morgan fingerprint density at radius 3 is 3.05 bits per heavy atom. The molecule has 3 rings (SSSR count). The summed E-state index contributed by atoms with van der Waals surface area (Å²) in [6, 6.07) is 1.94. The molecule has 0 aromatic carbocycles. The Balaban J connectivity index is 1.84. The van der Waals surface area contributed by atoms with Gasteiger partial charge in [-0.15, -0.1) is 21.5 Å². The highest BCUT2D eigenvalue weighted by Gasteiger charge is 2.10. The van der Waals surface area contributed by atoms with Gasteiger partial charge in [-0.1, -0.05) is 11.8 Å². The number of hydrogen-bond acceptors (Lipinski definition) is 9. The zero-order valence-electron chi connectivity index (χ0n) is 9.95. The van der Waals surface area contributed by atoms with Crippen molar-refractivity contribution in [3.05, 3.63) is 23.2 Å². The number of aryl methyl sites for hydroxylation is 1. The van der Waals surface area contributed by atoms with Crippen LogP contribution in [0.5, 0.6) is 0 Å². The summed E-state index contributed by atoms with van der Waals surface area (Å²) in [5, 5.41) is 11.1. The second-order valence-electron chi connectivity index (χ2n) is 3.65. The lowest BCUT2D eigenvalue weighted by Gasteiger charge is -2.03. The maximum atomic E-state index is 5.47. The molecule has 98 valence electrons. The maximum absolute atomic E-state index is 5.47. The number of nitrogens with two attached hydrogens (primary N) is 1. The molecule has 0 unspecified atom stereocenters. The van der Waals surface area contributed by atoms with Crippen molar-refractivity contribution in [1.82, 2.24) is 20.2 Å². The third kappa shape index (κ3) is 2.53. The fraction of sp³-hybridized carbons (Fsp3) is 0.200. The van der Waals surface area contributed by atoms with Gasteiger partial charge in [0.2, 0.25) is 5.89 Å². The Bertz CT molecular complexity index is 709. The minimum absolute atomic E-state index is 0.509. The minimum atomic E-state index is 0.509. The average molecular weight is 294 g/mol. The van der Waals surface area contributed by atoms with Crippen LogP contribution in [-0.2, 0) is 5.75 Å². The average Bonchev–Trinajstić information content (AvgIpc) is 3.03. The van der Waals surface area contributed by atoms with Gasteiger partial charge in [-0.3, -0.25) is 0 Å². The number of nitrogens with one attached hydrogen (secondary N) is 1. The number of aromatic nitrogens is 4. The van der Waals surface area contributed by atoms with Crippen LogP contribution in [0, 0.1) is 6.92 Å². The number of hydrogen-bond donors (Lipinski definition) is 2. The Morgan fingerprint density at radius 2 is 2.32 bits per heavy atom. The molecule has 0 bridgehead atoms. The second kappa shape index (κ2) is 5.11. The quantitative estimate of drug-likeness (QED) is 0.427. The van der Waals surface area contributed by atoms with E-state index in [9.17, 15) is 0 Å². The maximum Gasteiger partial charge on any atom is 0.277 e. The second-order valence-corrected chi connectivity index (χ2v) is 5.47. The molecule has 0 amide bonds. The largest absolute Gasteiger partial charge is 0.416 e. The number of thiophene rings is 1. The first-order chi connectivity index (χ1) is 9.26. The fourth-order valence-electron chi connectivity index (χ4n) is 1.54. The number of nitrogens with zero attached hydrogens (tertiary/aromatic N) is 4.